The van der Waals surface area contributed by atoms with Gasteiger partial charge in [-0.1, -0.05) is 35.5 Å². The molecule has 2 heterocycles. The van der Waals surface area contributed by atoms with Gasteiger partial charge >= 0.3 is 0 Å². The third kappa shape index (κ3) is 6.86. The Morgan fingerprint density at radius 1 is 1.23 bits per heavy atom. The Morgan fingerprint density at radius 3 is 2.58 bits per heavy atom. The number of amides is 2. The Kier molecular flexibility index (Phi) is 9.59. The minimum Gasteiger partial charge on any atom is -0.483 e. The van der Waals surface area contributed by atoms with Crippen LogP contribution in [0.4, 0.5) is 0 Å². The fraction of sp³-hybridized carbons (Fsp3) is 0.450. The molecule has 0 aliphatic carbocycles. The number of hydrogen-bond donors (Lipinski definition) is 1. The second kappa shape index (κ2) is 12.4. The van der Waals surface area contributed by atoms with Crippen molar-refractivity contribution in [2.75, 3.05) is 33.9 Å². The number of rotatable bonds is 9. The fourth-order valence-corrected chi connectivity index (χ4v) is 3.16. The number of carboxylic acid groups (broad SMARTS) is 1. The van der Waals surface area contributed by atoms with Crippen LogP contribution in [-0.4, -0.2) is 83.3 Å². The van der Waals surface area contributed by atoms with Crippen molar-refractivity contribution in [3.8, 4) is 0 Å². The van der Waals surface area contributed by atoms with E-state index in [0.717, 1.165) is 5.56 Å². The van der Waals surface area contributed by atoms with Gasteiger partial charge in [-0.05, 0) is 5.56 Å². The predicted octanol–water partition coefficient (Wildman–Crippen LogP) is 0.345. The highest BCUT2D eigenvalue weighted by Crippen LogP contribution is 2.20. The normalized spacial score (nSPS) is 16.1. The van der Waals surface area contributed by atoms with Crippen LogP contribution in [0.25, 0.3) is 0 Å². The molecular formula is C20H26N4O7. The van der Waals surface area contributed by atoms with E-state index in [2.05, 4.69) is 10.1 Å². The van der Waals surface area contributed by atoms with Gasteiger partial charge in [0.2, 0.25) is 17.7 Å². The number of nitrogens with zero attached hydrogens (tertiary/aromatic N) is 4. The lowest BCUT2D eigenvalue weighted by Gasteiger charge is -2.39. The van der Waals surface area contributed by atoms with Crippen LogP contribution >= 0.6 is 0 Å². The molecule has 168 valence electrons. The number of benzene rings is 1. The minimum atomic E-state index is -0.640. The lowest BCUT2D eigenvalue weighted by atomic mass is 10.0. The largest absolute Gasteiger partial charge is 0.483 e. The van der Waals surface area contributed by atoms with Crippen LogP contribution < -0.4 is 0 Å². The third-order valence-corrected chi connectivity index (χ3v) is 4.55. The molecule has 11 heteroatoms. The molecule has 11 nitrogen and oxygen atoms in total. The van der Waals surface area contributed by atoms with Crippen molar-refractivity contribution in [2.45, 2.75) is 25.6 Å². The fourth-order valence-electron chi connectivity index (χ4n) is 3.16. The molecule has 1 aromatic carbocycles. The van der Waals surface area contributed by atoms with Crippen molar-refractivity contribution in [1.29, 1.82) is 0 Å². The quantitative estimate of drug-likeness (QED) is 0.554. The molecule has 2 aromatic rings. The Morgan fingerprint density at radius 2 is 1.94 bits per heavy atom. The molecular weight excluding hydrogens is 408 g/mol. The highest BCUT2D eigenvalue weighted by molar-refractivity contribution is 5.95. The Hall–Kier alpha value is -3.31. The van der Waals surface area contributed by atoms with Crippen molar-refractivity contribution in [3.63, 3.8) is 0 Å². The number of carbonyl (C=O) groups is 3. The van der Waals surface area contributed by atoms with Crippen LogP contribution in [-0.2, 0) is 43.4 Å². The topological polar surface area (TPSA) is 135 Å². The van der Waals surface area contributed by atoms with Crippen LogP contribution in [0.2, 0.25) is 0 Å². The lowest BCUT2D eigenvalue weighted by Crippen LogP contribution is -2.60. The first-order chi connectivity index (χ1) is 15.0. The average molecular weight is 434 g/mol. The van der Waals surface area contributed by atoms with Gasteiger partial charge in [0.1, 0.15) is 19.2 Å². The van der Waals surface area contributed by atoms with Gasteiger partial charge < -0.3 is 28.9 Å². The predicted molar refractivity (Wildman–Crippen MR) is 107 cm³/mol. The van der Waals surface area contributed by atoms with Crippen molar-refractivity contribution < 1.29 is 33.5 Å². The van der Waals surface area contributed by atoms with Gasteiger partial charge in [-0.25, -0.2) is 0 Å². The summed E-state index contributed by atoms with van der Waals surface area (Å²) in [6.07, 6.45) is 0.411. The van der Waals surface area contributed by atoms with Crippen molar-refractivity contribution >= 4 is 18.3 Å². The number of piperazine rings is 1. The lowest BCUT2D eigenvalue weighted by molar-refractivity contribution is -0.157. The molecule has 1 N–H and O–H groups in total. The molecule has 1 fully saturated rings. The first kappa shape index (κ1) is 24.0. The molecule has 1 saturated heterocycles. The minimum absolute atomic E-state index is 0.00650. The molecule has 31 heavy (non-hydrogen) atoms. The SMILES string of the molecule is COCCN1CC(=O)N(Cc2nc(COC)no2)[C@H](Cc2ccccc2)C1=O.O=CO. The highest BCUT2D eigenvalue weighted by atomic mass is 16.5. The van der Waals surface area contributed by atoms with Crippen molar-refractivity contribution in [1.82, 2.24) is 19.9 Å². The molecule has 1 aromatic heterocycles. The molecule has 0 spiro atoms. The smallest absolute Gasteiger partial charge is 0.290 e. The van der Waals surface area contributed by atoms with Crippen LogP contribution in [0.15, 0.2) is 34.9 Å². The van der Waals surface area contributed by atoms with Gasteiger partial charge in [-0.3, -0.25) is 14.4 Å². The van der Waals surface area contributed by atoms with Crippen LogP contribution in [0.5, 0.6) is 0 Å². The Balaban J connectivity index is 0.00000107. The van der Waals surface area contributed by atoms with Gasteiger partial charge in [0, 0.05) is 27.2 Å². The number of carbonyl (C=O) groups excluding carboxylic acids is 2. The summed E-state index contributed by atoms with van der Waals surface area (Å²) in [5, 5.41) is 10.7. The van der Waals surface area contributed by atoms with Gasteiger partial charge in [0.25, 0.3) is 6.47 Å². The third-order valence-electron chi connectivity index (χ3n) is 4.55. The second-order valence-corrected chi connectivity index (χ2v) is 6.62. The summed E-state index contributed by atoms with van der Waals surface area (Å²) in [5.74, 6) is 0.395. The summed E-state index contributed by atoms with van der Waals surface area (Å²) in [4.78, 5) is 41.5. The average Bonchev–Trinajstić information content (AvgIpc) is 3.21. The van der Waals surface area contributed by atoms with Crippen molar-refractivity contribution in [2.24, 2.45) is 0 Å². The maximum Gasteiger partial charge on any atom is 0.290 e. The number of hydrogen-bond acceptors (Lipinski definition) is 8. The molecule has 2 amide bonds. The Labute approximate surface area is 179 Å². The molecule has 0 radical (unpaired) electrons. The second-order valence-electron chi connectivity index (χ2n) is 6.62. The summed E-state index contributed by atoms with van der Waals surface area (Å²) in [5.41, 5.74) is 0.970. The van der Waals surface area contributed by atoms with E-state index in [-0.39, 0.29) is 43.9 Å². The summed E-state index contributed by atoms with van der Waals surface area (Å²) in [6.45, 7) is 0.804. The molecule has 0 saturated carbocycles. The number of ether oxygens (including phenoxy) is 2. The van der Waals surface area contributed by atoms with E-state index in [1.54, 1.807) is 12.0 Å². The summed E-state index contributed by atoms with van der Waals surface area (Å²) >= 11 is 0. The highest BCUT2D eigenvalue weighted by Gasteiger charge is 2.39. The van der Waals surface area contributed by atoms with E-state index in [4.69, 9.17) is 23.9 Å². The van der Waals surface area contributed by atoms with Crippen LogP contribution in [0, 0.1) is 0 Å². The summed E-state index contributed by atoms with van der Waals surface area (Å²) < 4.78 is 15.3. The molecule has 1 atom stereocenters. The van der Waals surface area contributed by atoms with E-state index in [9.17, 15) is 9.59 Å². The van der Waals surface area contributed by atoms with Crippen molar-refractivity contribution in [3.05, 3.63) is 47.6 Å². The van der Waals surface area contributed by atoms with E-state index in [0.29, 0.717) is 25.4 Å². The van der Waals surface area contributed by atoms with Crippen LogP contribution in [0.3, 0.4) is 0 Å². The zero-order valence-corrected chi connectivity index (χ0v) is 17.5. The maximum atomic E-state index is 13.1. The number of methoxy groups -OCH3 is 2. The standard InChI is InChI=1S/C19H24N4O5.CH2O2/c1-26-9-8-22-12-18(24)23(11-17-20-16(13-27-2)21-28-17)15(19(22)25)10-14-6-4-3-5-7-14;2-1-3/h3-7,15H,8-13H2,1-2H3;1H,(H,2,3)/t15-;/m1./s1. The maximum absolute atomic E-state index is 13.1. The van der Waals surface area contributed by atoms with Crippen LogP contribution in [0.1, 0.15) is 17.3 Å². The van der Waals surface area contributed by atoms with E-state index in [1.165, 1.54) is 12.0 Å². The van der Waals surface area contributed by atoms with E-state index < -0.39 is 6.04 Å². The monoisotopic (exact) mass is 434 g/mol. The summed E-state index contributed by atoms with van der Waals surface area (Å²) in [6, 6.07) is 8.97. The van der Waals surface area contributed by atoms with Gasteiger partial charge in [-0.15, -0.1) is 0 Å². The number of aromatic nitrogens is 2. The first-order valence-corrected chi connectivity index (χ1v) is 9.53. The molecule has 1 aliphatic heterocycles. The van der Waals surface area contributed by atoms with E-state index >= 15 is 0 Å². The molecule has 0 unspecified atom stereocenters. The van der Waals surface area contributed by atoms with Gasteiger partial charge in [0.05, 0.1) is 13.2 Å². The summed E-state index contributed by atoms with van der Waals surface area (Å²) in [7, 11) is 3.10. The first-order valence-electron chi connectivity index (χ1n) is 9.53. The van der Waals surface area contributed by atoms with Gasteiger partial charge in [-0.2, -0.15) is 4.98 Å². The molecule has 1 aliphatic rings. The zero-order chi connectivity index (χ0) is 22.6. The molecule has 3 rings (SSSR count). The Bertz CT molecular complexity index is 843. The van der Waals surface area contributed by atoms with Gasteiger partial charge in [0.15, 0.2) is 5.82 Å². The van der Waals surface area contributed by atoms with E-state index in [1.807, 2.05) is 30.3 Å². The molecule has 0 bridgehead atoms. The zero-order valence-electron chi connectivity index (χ0n) is 17.5.